The van der Waals surface area contributed by atoms with Crippen molar-refractivity contribution in [1.82, 2.24) is 9.97 Å². The molecule has 24 heavy (non-hydrogen) atoms. The Kier molecular flexibility index (Phi) is 8.24. The molecule has 7 nitrogen and oxygen atoms in total. The molecule has 0 aliphatic heterocycles. The number of carbonyl (C=O) groups is 1. The van der Waals surface area contributed by atoms with Crippen molar-refractivity contribution < 1.29 is 23.7 Å². The summed E-state index contributed by atoms with van der Waals surface area (Å²) in [5.41, 5.74) is 0.269. The first-order valence-corrected chi connectivity index (χ1v) is 8.32. The average Bonchev–Trinajstić information content (AvgIpc) is 2.58. The summed E-state index contributed by atoms with van der Waals surface area (Å²) in [5, 5.41) is 0. The molecule has 0 bridgehead atoms. The van der Waals surface area contributed by atoms with Gasteiger partial charge in [0.05, 0.1) is 51.7 Å². The van der Waals surface area contributed by atoms with Crippen LogP contribution in [-0.4, -0.2) is 69.6 Å². The Hall–Kier alpha value is -1.41. The van der Waals surface area contributed by atoms with Crippen LogP contribution in [0.1, 0.15) is 35.6 Å². The van der Waals surface area contributed by atoms with Gasteiger partial charge in [-0.15, -0.1) is 0 Å². The van der Waals surface area contributed by atoms with E-state index in [1.54, 1.807) is 19.4 Å². The van der Waals surface area contributed by atoms with E-state index in [9.17, 15) is 4.79 Å². The molecule has 0 aromatic carbocycles. The quantitative estimate of drug-likeness (QED) is 0.397. The van der Waals surface area contributed by atoms with Crippen LogP contribution in [0.2, 0.25) is 0 Å². The number of rotatable bonds is 13. The van der Waals surface area contributed by atoms with Crippen molar-refractivity contribution in [3.8, 4) is 0 Å². The van der Waals surface area contributed by atoms with Gasteiger partial charge in [0.25, 0.3) is 0 Å². The number of ether oxygens (including phenoxy) is 4. The molecule has 0 spiro atoms. The van der Waals surface area contributed by atoms with Gasteiger partial charge in [0, 0.05) is 13.3 Å². The Morgan fingerprint density at radius 3 is 2.33 bits per heavy atom. The zero-order chi connectivity index (χ0) is 17.1. The third-order valence-electron chi connectivity index (χ3n) is 4.14. The summed E-state index contributed by atoms with van der Waals surface area (Å²) in [6.45, 7) is 3.88. The molecular weight excluding hydrogens is 312 g/mol. The first-order valence-electron chi connectivity index (χ1n) is 8.32. The van der Waals surface area contributed by atoms with Crippen molar-refractivity contribution in [2.75, 3.05) is 53.4 Å². The van der Waals surface area contributed by atoms with Crippen molar-refractivity contribution in [3.63, 3.8) is 0 Å². The predicted molar refractivity (Wildman–Crippen MR) is 87.3 cm³/mol. The van der Waals surface area contributed by atoms with Gasteiger partial charge in [-0.2, -0.15) is 0 Å². The number of hydrogen-bond donors (Lipinski definition) is 0. The summed E-state index contributed by atoms with van der Waals surface area (Å²) < 4.78 is 21.4. The maximum atomic E-state index is 10.9. The monoisotopic (exact) mass is 338 g/mol. The predicted octanol–water partition coefficient (Wildman–Crippen LogP) is 1.41. The van der Waals surface area contributed by atoms with Gasteiger partial charge in [-0.3, -0.25) is 4.79 Å². The molecule has 1 aromatic heterocycles. The molecule has 0 amide bonds. The molecule has 134 valence electrons. The highest BCUT2D eigenvalue weighted by atomic mass is 16.6. The van der Waals surface area contributed by atoms with E-state index in [4.69, 9.17) is 18.9 Å². The lowest BCUT2D eigenvalue weighted by atomic mass is 9.68. The Bertz CT molecular complexity index is 494. The highest BCUT2D eigenvalue weighted by Crippen LogP contribution is 2.42. The molecule has 0 unspecified atom stereocenters. The lowest BCUT2D eigenvalue weighted by Gasteiger charge is -2.40. The van der Waals surface area contributed by atoms with E-state index < -0.39 is 0 Å². The smallest absolute Gasteiger partial charge is 0.168 e. The number of hydrogen-bond acceptors (Lipinski definition) is 7. The maximum Gasteiger partial charge on any atom is 0.168 e. The van der Waals surface area contributed by atoms with E-state index in [-0.39, 0.29) is 5.41 Å². The third-order valence-corrected chi connectivity index (χ3v) is 4.14. The topological polar surface area (TPSA) is 79.8 Å². The Labute approximate surface area is 142 Å². The van der Waals surface area contributed by atoms with Crippen molar-refractivity contribution in [2.45, 2.75) is 24.7 Å². The molecule has 7 heteroatoms. The summed E-state index contributed by atoms with van der Waals surface area (Å²) in [6.07, 6.45) is 5.50. The zero-order valence-electron chi connectivity index (χ0n) is 14.2. The van der Waals surface area contributed by atoms with Crippen LogP contribution in [0.15, 0.2) is 12.3 Å². The summed E-state index contributed by atoms with van der Waals surface area (Å²) in [4.78, 5) is 19.6. The number of nitrogens with zero attached hydrogens (tertiary/aromatic N) is 2. The lowest BCUT2D eigenvalue weighted by Crippen LogP contribution is -2.41. The number of aldehydes is 1. The highest BCUT2D eigenvalue weighted by Gasteiger charge is 2.41. The van der Waals surface area contributed by atoms with Crippen LogP contribution in [-0.2, 0) is 24.4 Å². The third kappa shape index (κ3) is 5.59. The average molecular weight is 338 g/mol. The summed E-state index contributed by atoms with van der Waals surface area (Å²) in [6, 6.07) is 1.62. The van der Waals surface area contributed by atoms with Gasteiger partial charge in [-0.05, 0) is 18.9 Å². The molecule has 0 saturated heterocycles. The minimum absolute atomic E-state index is 0.151. The van der Waals surface area contributed by atoms with Crippen LogP contribution in [0.4, 0.5) is 0 Å². The van der Waals surface area contributed by atoms with E-state index >= 15 is 0 Å². The van der Waals surface area contributed by atoms with Crippen LogP contribution in [0.5, 0.6) is 0 Å². The van der Waals surface area contributed by atoms with Crippen molar-refractivity contribution >= 4 is 6.29 Å². The SMILES string of the molecule is COCCOCCOCCOCC1(c2nccc(C=O)n2)CCC1. The number of carbonyl (C=O) groups excluding carboxylic acids is 1. The molecule has 1 saturated carbocycles. The van der Waals surface area contributed by atoms with Crippen molar-refractivity contribution in [2.24, 2.45) is 0 Å². The van der Waals surface area contributed by atoms with Gasteiger partial charge in [0.1, 0.15) is 11.5 Å². The molecule has 1 aliphatic carbocycles. The van der Waals surface area contributed by atoms with Crippen molar-refractivity contribution in [1.29, 1.82) is 0 Å². The molecule has 0 N–H and O–H groups in total. The van der Waals surface area contributed by atoms with E-state index in [1.807, 2.05) is 0 Å². The largest absolute Gasteiger partial charge is 0.382 e. The van der Waals surface area contributed by atoms with Gasteiger partial charge in [0.2, 0.25) is 0 Å². The fourth-order valence-electron chi connectivity index (χ4n) is 2.58. The lowest BCUT2D eigenvalue weighted by molar-refractivity contribution is -0.0148. The molecule has 1 fully saturated rings. The first-order chi connectivity index (χ1) is 11.8. The van der Waals surface area contributed by atoms with Crippen LogP contribution in [0.25, 0.3) is 0 Å². The Morgan fingerprint density at radius 2 is 1.75 bits per heavy atom. The molecule has 2 rings (SSSR count). The van der Waals surface area contributed by atoms with Crippen LogP contribution in [0.3, 0.4) is 0 Å². The summed E-state index contributed by atoms with van der Waals surface area (Å²) in [5.74, 6) is 0.714. The molecule has 0 atom stereocenters. The van der Waals surface area contributed by atoms with E-state index in [0.29, 0.717) is 57.8 Å². The summed E-state index contributed by atoms with van der Waals surface area (Å²) >= 11 is 0. The fraction of sp³-hybridized carbons (Fsp3) is 0.706. The second-order valence-electron chi connectivity index (χ2n) is 5.83. The van der Waals surface area contributed by atoms with Gasteiger partial charge in [0.15, 0.2) is 6.29 Å². The molecule has 1 aromatic rings. The second kappa shape index (κ2) is 10.5. The van der Waals surface area contributed by atoms with Gasteiger partial charge in [-0.25, -0.2) is 9.97 Å². The van der Waals surface area contributed by atoms with E-state index in [0.717, 1.165) is 25.5 Å². The minimum Gasteiger partial charge on any atom is -0.382 e. The normalized spacial score (nSPS) is 15.9. The maximum absolute atomic E-state index is 10.9. The van der Waals surface area contributed by atoms with Gasteiger partial charge < -0.3 is 18.9 Å². The van der Waals surface area contributed by atoms with Crippen LogP contribution >= 0.6 is 0 Å². The molecule has 0 radical (unpaired) electrons. The van der Waals surface area contributed by atoms with E-state index in [1.165, 1.54) is 0 Å². The number of methoxy groups -OCH3 is 1. The fourth-order valence-corrected chi connectivity index (χ4v) is 2.58. The van der Waals surface area contributed by atoms with Crippen LogP contribution < -0.4 is 0 Å². The summed E-state index contributed by atoms with van der Waals surface area (Å²) in [7, 11) is 1.65. The number of aromatic nitrogens is 2. The second-order valence-corrected chi connectivity index (χ2v) is 5.83. The van der Waals surface area contributed by atoms with E-state index in [2.05, 4.69) is 9.97 Å². The minimum atomic E-state index is -0.151. The van der Waals surface area contributed by atoms with Crippen molar-refractivity contribution in [3.05, 3.63) is 23.8 Å². The Balaban J connectivity index is 1.62. The van der Waals surface area contributed by atoms with Gasteiger partial charge >= 0.3 is 0 Å². The van der Waals surface area contributed by atoms with Crippen LogP contribution in [0, 0.1) is 0 Å². The Morgan fingerprint density at radius 1 is 1.08 bits per heavy atom. The molecule has 1 heterocycles. The standard InChI is InChI=1S/C17H26N2O5/c1-21-7-8-22-9-10-23-11-12-24-14-17(4-2-5-17)16-18-6-3-15(13-20)19-16/h3,6,13H,2,4-5,7-12,14H2,1H3. The first kappa shape index (κ1) is 18.9. The molecular formula is C17H26N2O5. The van der Waals surface area contributed by atoms with Gasteiger partial charge in [-0.1, -0.05) is 6.42 Å². The highest BCUT2D eigenvalue weighted by molar-refractivity contribution is 5.71. The zero-order valence-corrected chi connectivity index (χ0v) is 14.2. The molecule has 1 aliphatic rings.